The highest BCUT2D eigenvalue weighted by Gasteiger charge is 2.11. The minimum absolute atomic E-state index is 0.268. The molecule has 0 unspecified atom stereocenters. The van der Waals surface area contributed by atoms with Crippen LogP contribution in [-0.2, 0) is 6.42 Å². The molecule has 7 nitrogen and oxygen atoms in total. The number of anilines is 2. The number of nitrogens with one attached hydrogen (secondary N) is 2. The summed E-state index contributed by atoms with van der Waals surface area (Å²) in [5, 5.41) is 15.1. The summed E-state index contributed by atoms with van der Waals surface area (Å²) >= 11 is 0. The van der Waals surface area contributed by atoms with Crippen molar-refractivity contribution in [2.24, 2.45) is 0 Å². The molecule has 0 aliphatic carbocycles. The molecule has 0 bridgehead atoms. The molecule has 0 aliphatic heterocycles. The number of nitrogens with zero attached hydrogens (tertiary/aromatic N) is 3. The number of hydrogen-bond donors (Lipinski definition) is 2. The topological polar surface area (TPSA) is 99.9 Å². The second-order valence-corrected chi connectivity index (χ2v) is 6.35. The first kappa shape index (κ1) is 19.8. The van der Waals surface area contributed by atoms with Crippen molar-refractivity contribution in [3.8, 4) is 11.8 Å². The molecule has 2 aromatic carbocycles. The first-order valence-corrected chi connectivity index (χ1v) is 9.12. The molecule has 1 heterocycles. The largest absolute Gasteiger partial charge is 0.497 e. The molecule has 0 spiro atoms. The van der Waals surface area contributed by atoms with Crippen molar-refractivity contribution in [3.63, 3.8) is 0 Å². The zero-order valence-electron chi connectivity index (χ0n) is 16.3. The first-order chi connectivity index (χ1) is 14.1. The standard InChI is InChI=1S/C22H21N5O2/c1-15-13-20(21(28)24-12-11-16-7-9-18(29-2)10-8-16)27-22(25-15)26-19-6-4-3-5-17(19)14-23/h3-10,13H,11-12H2,1-2H3,(H,24,28)(H,25,26,27). The van der Waals surface area contributed by atoms with E-state index in [2.05, 4.69) is 26.7 Å². The van der Waals surface area contributed by atoms with Gasteiger partial charge in [-0.3, -0.25) is 4.79 Å². The summed E-state index contributed by atoms with van der Waals surface area (Å²) in [4.78, 5) is 21.1. The van der Waals surface area contributed by atoms with Gasteiger partial charge in [0, 0.05) is 12.2 Å². The second-order valence-electron chi connectivity index (χ2n) is 6.35. The molecule has 1 amide bonds. The third-order valence-corrected chi connectivity index (χ3v) is 4.24. The van der Waals surface area contributed by atoms with Crippen molar-refractivity contribution in [2.45, 2.75) is 13.3 Å². The Bertz CT molecular complexity index is 1040. The SMILES string of the molecule is COc1ccc(CCNC(=O)c2cc(C)nc(Nc3ccccc3C#N)n2)cc1. The van der Waals surface area contributed by atoms with E-state index in [-0.39, 0.29) is 17.5 Å². The molecule has 0 saturated carbocycles. The van der Waals surface area contributed by atoms with Crippen LogP contribution in [0, 0.1) is 18.3 Å². The van der Waals surface area contributed by atoms with Gasteiger partial charge in [-0.1, -0.05) is 24.3 Å². The Hall–Kier alpha value is -3.92. The van der Waals surface area contributed by atoms with E-state index >= 15 is 0 Å². The van der Waals surface area contributed by atoms with Gasteiger partial charge in [0.2, 0.25) is 5.95 Å². The summed E-state index contributed by atoms with van der Waals surface area (Å²) in [5.41, 5.74) is 3.08. The van der Waals surface area contributed by atoms with Crippen molar-refractivity contribution in [1.29, 1.82) is 5.26 Å². The summed E-state index contributed by atoms with van der Waals surface area (Å²) in [6.07, 6.45) is 0.695. The molecule has 3 rings (SSSR count). The number of benzene rings is 2. The number of ether oxygens (including phenoxy) is 1. The third-order valence-electron chi connectivity index (χ3n) is 4.24. The van der Waals surface area contributed by atoms with Crippen molar-refractivity contribution < 1.29 is 9.53 Å². The quantitative estimate of drug-likeness (QED) is 0.645. The van der Waals surface area contributed by atoms with E-state index in [4.69, 9.17) is 4.74 Å². The number of carbonyl (C=O) groups excluding carboxylic acids is 1. The first-order valence-electron chi connectivity index (χ1n) is 9.12. The van der Waals surface area contributed by atoms with Crippen LogP contribution >= 0.6 is 0 Å². The van der Waals surface area contributed by atoms with Crippen molar-refractivity contribution >= 4 is 17.5 Å². The lowest BCUT2D eigenvalue weighted by atomic mass is 10.1. The second kappa shape index (κ2) is 9.33. The average Bonchev–Trinajstić information content (AvgIpc) is 2.74. The Morgan fingerprint density at radius 1 is 1.14 bits per heavy atom. The van der Waals surface area contributed by atoms with Crippen molar-refractivity contribution in [3.05, 3.63) is 77.1 Å². The normalized spacial score (nSPS) is 10.1. The summed E-state index contributed by atoms with van der Waals surface area (Å²) in [5.74, 6) is 0.792. The van der Waals surface area contributed by atoms with Crippen LogP contribution in [-0.4, -0.2) is 29.5 Å². The number of para-hydroxylation sites is 1. The fraction of sp³-hybridized carbons (Fsp3) is 0.182. The predicted octanol–water partition coefficient (Wildman–Crippen LogP) is 3.38. The molecular weight excluding hydrogens is 366 g/mol. The van der Waals surface area contributed by atoms with Gasteiger partial charge < -0.3 is 15.4 Å². The summed E-state index contributed by atoms with van der Waals surface area (Å²) in [7, 11) is 1.63. The van der Waals surface area contributed by atoms with Crippen LogP contribution in [0.3, 0.4) is 0 Å². The summed E-state index contributed by atoms with van der Waals surface area (Å²) in [6, 6.07) is 18.5. The number of aryl methyl sites for hydroxylation is 1. The van der Waals surface area contributed by atoms with E-state index in [1.807, 2.05) is 30.3 Å². The Kier molecular flexibility index (Phi) is 6.38. The highest BCUT2D eigenvalue weighted by atomic mass is 16.5. The van der Waals surface area contributed by atoms with Gasteiger partial charge in [0.15, 0.2) is 0 Å². The van der Waals surface area contributed by atoms with Crippen LogP contribution in [0.2, 0.25) is 0 Å². The van der Waals surface area contributed by atoms with E-state index in [1.165, 1.54) is 0 Å². The maximum Gasteiger partial charge on any atom is 0.270 e. The zero-order valence-corrected chi connectivity index (χ0v) is 16.3. The van der Waals surface area contributed by atoms with Crippen molar-refractivity contribution in [1.82, 2.24) is 15.3 Å². The van der Waals surface area contributed by atoms with Crippen LogP contribution in [0.4, 0.5) is 11.6 Å². The smallest absolute Gasteiger partial charge is 0.270 e. The molecule has 3 aromatic rings. The zero-order chi connectivity index (χ0) is 20.6. The van der Waals surface area contributed by atoms with Crippen LogP contribution in [0.1, 0.15) is 27.3 Å². The van der Waals surface area contributed by atoms with Gasteiger partial charge in [0.05, 0.1) is 18.4 Å². The number of rotatable bonds is 7. The molecule has 0 atom stereocenters. The highest BCUT2D eigenvalue weighted by Crippen LogP contribution is 2.18. The van der Waals surface area contributed by atoms with Gasteiger partial charge >= 0.3 is 0 Å². The fourth-order valence-corrected chi connectivity index (χ4v) is 2.75. The minimum Gasteiger partial charge on any atom is -0.497 e. The molecule has 0 fully saturated rings. The molecule has 146 valence electrons. The highest BCUT2D eigenvalue weighted by molar-refractivity contribution is 5.92. The molecule has 0 saturated heterocycles. The fourth-order valence-electron chi connectivity index (χ4n) is 2.75. The van der Waals surface area contributed by atoms with Crippen LogP contribution in [0.15, 0.2) is 54.6 Å². The molecule has 1 aromatic heterocycles. The van der Waals surface area contributed by atoms with Gasteiger partial charge in [0.25, 0.3) is 5.91 Å². The number of amides is 1. The maximum atomic E-state index is 12.5. The molecule has 7 heteroatoms. The van der Waals surface area contributed by atoms with Crippen LogP contribution in [0.25, 0.3) is 0 Å². The number of hydrogen-bond acceptors (Lipinski definition) is 6. The molecular formula is C22H21N5O2. The summed E-state index contributed by atoms with van der Waals surface area (Å²) < 4.78 is 5.14. The monoisotopic (exact) mass is 387 g/mol. The minimum atomic E-state index is -0.277. The van der Waals surface area contributed by atoms with Crippen molar-refractivity contribution in [2.75, 3.05) is 19.0 Å². The number of carbonyl (C=O) groups is 1. The molecule has 0 radical (unpaired) electrons. The van der Waals surface area contributed by atoms with E-state index in [1.54, 1.807) is 38.3 Å². The Balaban J connectivity index is 1.65. The Morgan fingerprint density at radius 2 is 1.90 bits per heavy atom. The van der Waals surface area contributed by atoms with E-state index in [0.29, 0.717) is 29.9 Å². The number of methoxy groups -OCH3 is 1. The van der Waals surface area contributed by atoms with Gasteiger partial charge in [-0.15, -0.1) is 0 Å². The molecule has 2 N–H and O–H groups in total. The lowest BCUT2D eigenvalue weighted by molar-refractivity contribution is 0.0949. The Labute approximate surface area is 169 Å². The third kappa shape index (κ3) is 5.30. The van der Waals surface area contributed by atoms with Gasteiger partial charge in [-0.25, -0.2) is 9.97 Å². The maximum absolute atomic E-state index is 12.5. The average molecular weight is 387 g/mol. The molecule has 0 aliphatic rings. The van der Waals surface area contributed by atoms with Gasteiger partial charge in [-0.05, 0) is 49.2 Å². The lowest BCUT2D eigenvalue weighted by Crippen LogP contribution is -2.27. The van der Waals surface area contributed by atoms with Gasteiger partial charge in [0.1, 0.15) is 17.5 Å². The van der Waals surface area contributed by atoms with E-state index in [0.717, 1.165) is 11.3 Å². The summed E-state index contributed by atoms with van der Waals surface area (Å²) in [6.45, 7) is 2.27. The van der Waals surface area contributed by atoms with Crippen LogP contribution < -0.4 is 15.4 Å². The molecule has 29 heavy (non-hydrogen) atoms. The Morgan fingerprint density at radius 3 is 2.62 bits per heavy atom. The van der Waals surface area contributed by atoms with E-state index < -0.39 is 0 Å². The van der Waals surface area contributed by atoms with Crippen LogP contribution in [0.5, 0.6) is 5.75 Å². The predicted molar refractivity (Wildman–Crippen MR) is 110 cm³/mol. The van der Waals surface area contributed by atoms with Gasteiger partial charge in [-0.2, -0.15) is 5.26 Å². The number of nitriles is 1. The lowest BCUT2D eigenvalue weighted by Gasteiger charge is -2.10. The van der Waals surface area contributed by atoms with E-state index in [9.17, 15) is 10.1 Å². The number of aromatic nitrogens is 2.